The molecule has 4 nitrogen and oxygen atoms in total. The predicted molar refractivity (Wildman–Crippen MR) is 71.0 cm³/mol. The lowest BCUT2D eigenvalue weighted by molar-refractivity contribution is -0.138. The Balaban J connectivity index is 1.92. The molecule has 1 aromatic rings. The third-order valence-corrected chi connectivity index (χ3v) is 3.15. The van der Waals surface area contributed by atoms with Crippen LogP contribution in [0.15, 0.2) is 24.3 Å². The number of benzene rings is 1. The summed E-state index contributed by atoms with van der Waals surface area (Å²) in [5.41, 5.74) is 0. The van der Waals surface area contributed by atoms with E-state index in [1.54, 1.807) is 31.2 Å². The molecular formula is C13H17ClN2O2. The fourth-order valence-corrected chi connectivity index (χ4v) is 2.04. The van der Waals surface area contributed by atoms with Crippen molar-refractivity contribution in [3.63, 3.8) is 0 Å². The Kier molecular flexibility index (Phi) is 4.44. The fraction of sp³-hybridized carbons (Fsp3) is 0.462. The number of ether oxygens (including phenoxy) is 1. The minimum atomic E-state index is -0.468. The zero-order chi connectivity index (χ0) is 13.0. The highest BCUT2D eigenvalue weighted by Crippen LogP contribution is 2.17. The Morgan fingerprint density at radius 1 is 1.33 bits per heavy atom. The molecular weight excluding hydrogens is 252 g/mol. The van der Waals surface area contributed by atoms with Gasteiger partial charge in [-0.25, -0.2) is 0 Å². The molecule has 0 aliphatic carbocycles. The number of nitrogens with zero attached hydrogens (tertiary/aromatic N) is 1. The Morgan fingerprint density at radius 2 is 1.94 bits per heavy atom. The molecule has 1 aliphatic heterocycles. The summed E-state index contributed by atoms with van der Waals surface area (Å²) in [6, 6.07) is 7.03. The second kappa shape index (κ2) is 6.07. The van der Waals surface area contributed by atoms with Gasteiger partial charge < -0.3 is 15.0 Å². The number of carbonyl (C=O) groups is 1. The highest BCUT2D eigenvalue weighted by molar-refractivity contribution is 6.30. The van der Waals surface area contributed by atoms with Crippen LogP contribution in [0.5, 0.6) is 5.75 Å². The fourth-order valence-electron chi connectivity index (χ4n) is 1.91. The Labute approximate surface area is 112 Å². The van der Waals surface area contributed by atoms with Gasteiger partial charge in [0.15, 0.2) is 6.10 Å². The predicted octanol–water partition coefficient (Wildman–Crippen LogP) is 1.54. The van der Waals surface area contributed by atoms with Crippen molar-refractivity contribution in [2.75, 3.05) is 26.2 Å². The highest BCUT2D eigenvalue weighted by Gasteiger charge is 2.23. The van der Waals surface area contributed by atoms with Crippen LogP contribution in [0.3, 0.4) is 0 Å². The monoisotopic (exact) mass is 268 g/mol. The van der Waals surface area contributed by atoms with E-state index in [4.69, 9.17) is 16.3 Å². The number of nitrogens with one attached hydrogen (secondary N) is 1. The van der Waals surface area contributed by atoms with E-state index in [9.17, 15) is 4.79 Å². The quantitative estimate of drug-likeness (QED) is 0.904. The van der Waals surface area contributed by atoms with E-state index in [1.165, 1.54) is 0 Å². The first-order valence-electron chi connectivity index (χ1n) is 6.08. The van der Waals surface area contributed by atoms with Crippen molar-refractivity contribution in [3.8, 4) is 5.75 Å². The lowest BCUT2D eigenvalue weighted by atomic mass is 10.3. The first-order valence-corrected chi connectivity index (χ1v) is 6.46. The van der Waals surface area contributed by atoms with Crippen molar-refractivity contribution in [1.82, 2.24) is 10.2 Å². The number of amides is 1. The van der Waals surface area contributed by atoms with Gasteiger partial charge in [0.25, 0.3) is 5.91 Å². The topological polar surface area (TPSA) is 41.6 Å². The van der Waals surface area contributed by atoms with Gasteiger partial charge in [0.2, 0.25) is 0 Å². The zero-order valence-electron chi connectivity index (χ0n) is 10.4. The van der Waals surface area contributed by atoms with Crippen LogP contribution in [0, 0.1) is 0 Å². The molecule has 1 aliphatic rings. The molecule has 5 heteroatoms. The average molecular weight is 269 g/mol. The van der Waals surface area contributed by atoms with Crippen LogP contribution in [-0.4, -0.2) is 43.1 Å². The van der Waals surface area contributed by atoms with Crippen molar-refractivity contribution in [3.05, 3.63) is 29.3 Å². The molecule has 1 fully saturated rings. The summed E-state index contributed by atoms with van der Waals surface area (Å²) >= 11 is 5.79. The van der Waals surface area contributed by atoms with Crippen LogP contribution in [0.2, 0.25) is 5.02 Å². The van der Waals surface area contributed by atoms with Crippen molar-refractivity contribution in [2.24, 2.45) is 0 Å². The first kappa shape index (κ1) is 13.2. The molecule has 1 amide bonds. The van der Waals surface area contributed by atoms with Gasteiger partial charge in [0.05, 0.1) is 0 Å². The molecule has 0 unspecified atom stereocenters. The standard InChI is InChI=1S/C13H17ClN2O2/c1-10(13(17)16-8-6-15-7-9-16)18-12-4-2-11(14)3-5-12/h2-5,10,15H,6-9H2,1H3/t10-/m0/s1. The summed E-state index contributed by atoms with van der Waals surface area (Å²) in [6.07, 6.45) is -0.468. The largest absolute Gasteiger partial charge is 0.481 e. The maximum atomic E-state index is 12.1. The molecule has 1 aromatic carbocycles. The number of carbonyl (C=O) groups excluding carboxylic acids is 1. The van der Waals surface area contributed by atoms with E-state index in [0.29, 0.717) is 10.8 Å². The molecule has 0 saturated carbocycles. The smallest absolute Gasteiger partial charge is 0.263 e. The Morgan fingerprint density at radius 3 is 2.56 bits per heavy atom. The Bertz CT molecular complexity index is 402. The van der Waals surface area contributed by atoms with Gasteiger partial charge in [-0.2, -0.15) is 0 Å². The van der Waals surface area contributed by atoms with Crippen LogP contribution in [-0.2, 0) is 4.79 Å². The first-order chi connectivity index (χ1) is 8.66. The van der Waals surface area contributed by atoms with Gasteiger partial charge in [0.1, 0.15) is 5.75 Å². The second-order valence-electron chi connectivity index (χ2n) is 4.29. The van der Waals surface area contributed by atoms with Crippen LogP contribution >= 0.6 is 11.6 Å². The maximum absolute atomic E-state index is 12.1. The third kappa shape index (κ3) is 3.37. The van der Waals surface area contributed by atoms with Gasteiger partial charge in [-0.1, -0.05) is 11.6 Å². The minimum absolute atomic E-state index is 0.0338. The van der Waals surface area contributed by atoms with Gasteiger partial charge in [-0.05, 0) is 31.2 Å². The Hall–Kier alpha value is -1.26. The van der Waals surface area contributed by atoms with Gasteiger partial charge >= 0.3 is 0 Å². The minimum Gasteiger partial charge on any atom is -0.481 e. The highest BCUT2D eigenvalue weighted by atomic mass is 35.5. The van der Waals surface area contributed by atoms with Crippen molar-refractivity contribution in [2.45, 2.75) is 13.0 Å². The van der Waals surface area contributed by atoms with Gasteiger partial charge in [-0.3, -0.25) is 4.79 Å². The van der Waals surface area contributed by atoms with Gasteiger partial charge in [-0.15, -0.1) is 0 Å². The molecule has 2 rings (SSSR count). The zero-order valence-corrected chi connectivity index (χ0v) is 11.1. The molecule has 98 valence electrons. The van der Waals surface area contributed by atoms with Crippen molar-refractivity contribution >= 4 is 17.5 Å². The van der Waals surface area contributed by atoms with E-state index < -0.39 is 6.10 Å². The molecule has 1 heterocycles. The molecule has 1 atom stereocenters. The number of halogens is 1. The molecule has 0 bridgehead atoms. The number of rotatable bonds is 3. The van der Waals surface area contributed by atoms with Crippen LogP contribution in [0.4, 0.5) is 0 Å². The molecule has 0 radical (unpaired) electrons. The summed E-state index contributed by atoms with van der Waals surface area (Å²) in [5.74, 6) is 0.696. The summed E-state index contributed by atoms with van der Waals surface area (Å²) in [5, 5.41) is 3.87. The van der Waals surface area contributed by atoms with E-state index in [0.717, 1.165) is 26.2 Å². The van der Waals surface area contributed by atoms with Crippen LogP contribution in [0.25, 0.3) is 0 Å². The van der Waals surface area contributed by atoms with E-state index in [1.807, 2.05) is 4.90 Å². The van der Waals surface area contributed by atoms with Crippen LogP contribution < -0.4 is 10.1 Å². The normalized spacial score (nSPS) is 17.3. The lowest BCUT2D eigenvalue weighted by Crippen LogP contribution is -2.50. The summed E-state index contributed by atoms with van der Waals surface area (Å²) < 4.78 is 5.61. The molecule has 0 aromatic heterocycles. The van der Waals surface area contributed by atoms with Gasteiger partial charge in [0, 0.05) is 31.2 Å². The molecule has 1 saturated heterocycles. The van der Waals surface area contributed by atoms with E-state index in [2.05, 4.69) is 5.32 Å². The number of piperazine rings is 1. The van der Waals surface area contributed by atoms with Crippen molar-refractivity contribution in [1.29, 1.82) is 0 Å². The maximum Gasteiger partial charge on any atom is 0.263 e. The summed E-state index contributed by atoms with van der Waals surface area (Å²) in [6.45, 7) is 4.96. The summed E-state index contributed by atoms with van der Waals surface area (Å²) in [7, 11) is 0. The third-order valence-electron chi connectivity index (χ3n) is 2.90. The van der Waals surface area contributed by atoms with Crippen LogP contribution in [0.1, 0.15) is 6.92 Å². The average Bonchev–Trinajstić information content (AvgIpc) is 2.41. The molecule has 1 N–H and O–H groups in total. The number of hydrogen-bond acceptors (Lipinski definition) is 3. The second-order valence-corrected chi connectivity index (χ2v) is 4.73. The van der Waals surface area contributed by atoms with E-state index >= 15 is 0 Å². The summed E-state index contributed by atoms with van der Waals surface area (Å²) in [4.78, 5) is 13.9. The lowest BCUT2D eigenvalue weighted by Gasteiger charge is -2.29. The number of hydrogen-bond donors (Lipinski definition) is 1. The van der Waals surface area contributed by atoms with E-state index in [-0.39, 0.29) is 5.91 Å². The SMILES string of the molecule is C[C@H](Oc1ccc(Cl)cc1)C(=O)N1CCNCC1. The van der Waals surface area contributed by atoms with Crippen molar-refractivity contribution < 1.29 is 9.53 Å². The molecule has 0 spiro atoms. The molecule has 18 heavy (non-hydrogen) atoms.